The normalized spacial score (nSPS) is 11.4. The molecule has 11 heteroatoms. The van der Waals surface area contributed by atoms with Crippen LogP contribution in [0.15, 0.2) is 32.3 Å². The van der Waals surface area contributed by atoms with Crippen molar-refractivity contribution in [2.75, 3.05) is 4.72 Å². The van der Waals surface area contributed by atoms with Crippen molar-refractivity contribution in [3.63, 3.8) is 0 Å². The van der Waals surface area contributed by atoms with Crippen molar-refractivity contribution in [2.24, 2.45) is 7.05 Å². The molecule has 0 radical (unpaired) electrons. The molecule has 2 N–H and O–H groups in total. The fraction of sp³-hybridized carbons (Fsp3) is 0.100. The van der Waals surface area contributed by atoms with Crippen LogP contribution in [0.25, 0.3) is 0 Å². The molecule has 8 nitrogen and oxygen atoms in total. The zero-order chi connectivity index (χ0) is 15.8. The summed E-state index contributed by atoms with van der Waals surface area (Å²) in [5.41, 5.74) is 0.0548. The molecule has 112 valence electrons. The molecule has 1 aromatic carbocycles. The van der Waals surface area contributed by atoms with E-state index in [1.807, 2.05) is 0 Å². The van der Waals surface area contributed by atoms with E-state index in [2.05, 4.69) is 46.9 Å². The van der Waals surface area contributed by atoms with E-state index in [0.717, 1.165) is 4.68 Å². The van der Waals surface area contributed by atoms with Crippen LogP contribution in [0.2, 0.25) is 0 Å². The maximum atomic E-state index is 12.3. The van der Waals surface area contributed by atoms with Gasteiger partial charge in [-0.25, -0.2) is 9.48 Å². The summed E-state index contributed by atoms with van der Waals surface area (Å²) in [5, 5.41) is 16.0. The fourth-order valence-electron chi connectivity index (χ4n) is 1.58. The van der Waals surface area contributed by atoms with Crippen molar-refractivity contribution in [1.82, 2.24) is 15.0 Å². The van der Waals surface area contributed by atoms with Gasteiger partial charge < -0.3 is 5.11 Å². The number of anilines is 1. The van der Waals surface area contributed by atoms with Gasteiger partial charge in [-0.1, -0.05) is 21.1 Å². The van der Waals surface area contributed by atoms with Crippen molar-refractivity contribution in [3.05, 3.63) is 32.8 Å². The lowest BCUT2D eigenvalue weighted by Gasteiger charge is -2.09. The molecule has 0 aliphatic heterocycles. The number of aryl methyl sites for hydroxylation is 1. The minimum atomic E-state index is -3.96. The number of sulfonamides is 1. The number of aromatic nitrogens is 3. The second-order valence-electron chi connectivity index (χ2n) is 3.95. The average molecular weight is 440 g/mol. The van der Waals surface area contributed by atoms with E-state index in [-0.39, 0.29) is 20.9 Å². The zero-order valence-corrected chi connectivity index (χ0v) is 14.4. The SMILES string of the molecule is Cn1nnc(Br)c1S(=O)(=O)Nc1cc(Br)cc(C(=O)O)c1. The summed E-state index contributed by atoms with van der Waals surface area (Å²) in [4.78, 5) is 11.0. The van der Waals surface area contributed by atoms with Gasteiger partial charge in [-0.2, -0.15) is 8.42 Å². The lowest BCUT2D eigenvalue weighted by atomic mass is 10.2. The van der Waals surface area contributed by atoms with E-state index in [4.69, 9.17) is 5.11 Å². The van der Waals surface area contributed by atoms with Gasteiger partial charge in [0.15, 0.2) is 4.60 Å². The molecule has 21 heavy (non-hydrogen) atoms. The molecule has 0 bridgehead atoms. The number of carboxylic acids is 1. The lowest BCUT2D eigenvalue weighted by molar-refractivity contribution is 0.0697. The van der Waals surface area contributed by atoms with Gasteiger partial charge in [0.05, 0.1) is 11.3 Å². The van der Waals surface area contributed by atoms with Crippen LogP contribution >= 0.6 is 31.9 Å². The molecule has 0 atom stereocenters. The second-order valence-corrected chi connectivity index (χ2v) is 7.21. The van der Waals surface area contributed by atoms with Gasteiger partial charge in [-0.15, -0.1) is 5.10 Å². The highest BCUT2D eigenvalue weighted by atomic mass is 79.9. The molecule has 0 saturated carbocycles. The van der Waals surface area contributed by atoms with Gasteiger partial charge in [0.25, 0.3) is 10.0 Å². The predicted molar refractivity (Wildman–Crippen MR) is 80.6 cm³/mol. The van der Waals surface area contributed by atoms with Crippen molar-refractivity contribution >= 4 is 53.5 Å². The first-order valence-electron chi connectivity index (χ1n) is 5.32. The van der Waals surface area contributed by atoms with Gasteiger partial charge in [0, 0.05) is 11.5 Å². The molecular weight excluding hydrogens is 432 g/mol. The Balaban J connectivity index is 2.44. The van der Waals surface area contributed by atoms with Crippen molar-refractivity contribution in [1.29, 1.82) is 0 Å². The van der Waals surface area contributed by atoms with Crippen LogP contribution in [0.5, 0.6) is 0 Å². The second kappa shape index (κ2) is 5.73. The first-order chi connectivity index (χ1) is 9.70. The zero-order valence-electron chi connectivity index (χ0n) is 10.4. The molecule has 0 saturated heterocycles. The molecule has 2 rings (SSSR count). The number of aromatic carboxylic acids is 1. The van der Waals surface area contributed by atoms with Gasteiger partial charge in [-0.3, -0.25) is 4.72 Å². The largest absolute Gasteiger partial charge is 0.478 e. The number of rotatable bonds is 4. The molecule has 0 amide bonds. The van der Waals surface area contributed by atoms with E-state index in [1.54, 1.807) is 0 Å². The van der Waals surface area contributed by atoms with E-state index in [9.17, 15) is 13.2 Å². The van der Waals surface area contributed by atoms with E-state index in [0.29, 0.717) is 4.47 Å². The van der Waals surface area contributed by atoms with E-state index < -0.39 is 16.0 Å². The van der Waals surface area contributed by atoms with Crippen LogP contribution in [0.4, 0.5) is 5.69 Å². The Kier molecular flexibility index (Phi) is 4.35. The molecule has 0 fully saturated rings. The number of nitrogens with one attached hydrogen (secondary N) is 1. The first kappa shape index (κ1) is 15.9. The third kappa shape index (κ3) is 3.41. The smallest absolute Gasteiger partial charge is 0.335 e. The lowest BCUT2D eigenvalue weighted by Crippen LogP contribution is -2.17. The molecule has 0 unspecified atom stereocenters. The highest BCUT2D eigenvalue weighted by molar-refractivity contribution is 9.10. The molecule has 1 aromatic heterocycles. The maximum absolute atomic E-state index is 12.3. The number of benzene rings is 1. The molecule has 1 heterocycles. The summed E-state index contributed by atoms with van der Waals surface area (Å²) in [5.74, 6) is -1.17. The van der Waals surface area contributed by atoms with Gasteiger partial charge in [0.2, 0.25) is 5.03 Å². The number of carbonyl (C=O) groups is 1. The minimum Gasteiger partial charge on any atom is -0.478 e. The summed E-state index contributed by atoms with van der Waals surface area (Å²) in [6.45, 7) is 0. The van der Waals surface area contributed by atoms with Crippen molar-refractivity contribution in [2.45, 2.75) is 5.03 Å². The standard InChI is InChI=1S/C10H8Br2N4O4S/c1-16-9(8(12)13-15-16)21(19,20)14-7-3-5(10(17)18)2-6(11)4-7/h2-4,14H,1H3,(H,17,18). The third-order valence-corrected chi connectivity index (χ3v) is 5.11. The Hall–Kier alpha value is -1.46. The van der Waals surface area contributed by atoms with Gasteiger partial charge in [-0.05, 0) is 34.1 Å². The minimum absolute atomic E-state index is 0.0516. The monoisotopic (exact) mass is 438 g/mol. The first-order valence-corrected chi connectivity index (χ1v) is 8.39. The van der Waals surface area contributed by atoms with Gasteiger partial charge >= 0.3 is 5.97 Å². The summed E-state index contributed by atoms with van der Waals surface area (Å²) in [7, 11) is -2.54. The third-order valence-electron chi connectivity index (χ3n) is 2.39. The molecule has 0 aliphatic carbocycles. The summed E-state index contributed by atoms with van der Waals surface area (Å²) < 4.78 is 28.5. The quantitative estimate of drug-likeness (QED) is 0.751. The summed E-state index contributed by atoms with van der Waals surface area (Å²) in [6, 6.07) is 4.02. The van der Waals surface area contributed by atoms with E-state index >= 15 is 0 Å². The Morgan fingerprint density at radius 3 is 2.52 bits per heavy atom. The van der Waals surface area contributed by atoms with E-state index in [1.165, 1.54) is 25.2 Å². The molecule has 0 spiro atoms. The van der Waals surface area contributed by atoms with Crippen LogP contribution < -0.4 is 4.72 Å². The topological polar surface area (TPSA) is 114 Å². The summed E-state index contributed by atoms with van der Waals surface area (Å²) in [6.07, 6.45) is 0. The molecule has 0 aliphatic rings. The predicted octanol–water partition coefficient (Wildman–Crippen LogP) is 1.84. The van der Waals surface area contributed by atoms with Crippen LogP contribution in [-0.2, 0) is 17.1 Å². The number of hydrogen-bond acceptors (Lipinski definition) is 5. The Morgan fingerprint density at radius 2 is 2.00 bits per heavy atom. The van der Waals surface area contributed by atoms with Crippen LogP contribution in [0.3, 0.4) is 0 Å². The highest BCUT2D eigenvalue weighted by Crippen LogP contribution is 2.24. The van der Waals surface area contributed by atoms with Gasteiger partial charge in [0.1, 0.15) is 0 Å². The molecular formula is C10H8Br2N4O4S. The number of nitrogens with zero attached hydrogens (tertiary/aromatic N) is 3. The Bertz CT molecular complexity index is 799. The number of carboxylic acid groups (broad SMARTS) is 1. The van der Waals surface area contributed by atoms with Crippen molar-refractivity contribution < 1.29 is 18.3 Å². The Morgan fingerprint density at radius 1 is 1.33 bits per heavy atom. The van der Waals surface area contributed by atoms with Crippen LogP contribution in [0, 0.1) is 0 Å². The highest BCUT2D eigenvalue weighted by Gasteiger charge is 2.24. The average Bonchev–Trinajstić information content (AvgIpc) is 2.68. The van der Waals surface area contributed by atoms with Crippen molar-refractivity contribution in [3.8, 4) is 0 Å². The number of hydrogen-bond donors (Lipinski definition) is 2. The number of halogens is 2. The summed E-state index contributed by atoms with van der Waals surface area (Å²) >= 11 is 6.13. The van der Waals surface area contributed by atoms with Crippen LogP contribution in [0.1, 0.15) is 10.4 Å². The van der Waals surface area contributed by atoms with Crippen LogP contribution in [-0.4, -0.2) is 34.5 Å². The fourth-order valence-corrected chi connectivity index (χ4v) is 4.22. The Labute approximate surface area is 136 Å². The maximum Gasteiger partial charge on any atom is 0.335 e. The molecule has 2 aromatic rings.